The summed E-state index contributed by atoms with van der Waals surface area (Å²) in [6.07, 6.45) is 1.47. The summed E-state index contributed by atoms with van der Waals surface area (Å²) in [7, 11) is 0. The molecule has 1 aromatic heterocycles. The van der Waals surface area contributed by atoms with Crippen molar-refractivity contribution in [3.8, 4) is 0 Å². The fourth-order valence-electron chi connectivity index (χ4n) is 1.000. The van der Waals surface area contributed by atoms with Gasteiger partial charge in [-0.15, -0.1) is 0 Å². The molecule has 1 amide bonds. The van der Waals surface area contributed by atoms with E-state index in [1.807, 2.05) is 0 Å². The Hall–Kier alpha value is -2.18. The van der Waals surface area contributed by atoms with Crippen LogP contribution >= 0.6 is 0 Å². The fourth-order valence-corrected chi connectivity index (χ4v) is 1.000. The van der Waals surface area contributed by atoms with Gasteiger partial charge in [-0.05, 0) is 12.5 Å². The minimum atomic E-state index is -0.605. The Labute approximate surface area is 85.5 Å². The van der Waals surface area contributed by atoms with E-state index in [9.17, 15) is 14.9 Å². The highest BCUT2D eigenvalue weighted by atomic mass is 16.6. The molecule has 0 saturated heterocycles. The maximum atomic E-state index is 10.6. The summed E-state index contributed by atoms with van der Waals surface area (Å²) < 4.78 is 0. The van der Waals surface area contributed by atoms with Crippen LogP contribution in [0.4, 0.5) is 11.5 Å². The molecule has 0 radical (unpaired) electrons. The molecule has 0 unspecified atom stereocenters. The van der Waals surface area contributed by atoms with Crippen molar-refractivity contribution < 1.29 is 9.72 Å². The largest absolute Gasteiger partial charge is 0.368 e. The van der Waals surface area contributed by atoms with Gasteiger partial charge in [0, 0.05) is 12.3 Å². The molecule has 1 rings (SSSR count). The van der Waals surface area contributed by atoms with Gasteiger partial charge in [0.25, 0.3) is 0 Å². The average Bonchev–Trinajstić information content (AvgIpc) is 2.15. The van der Waals surface area contributed by atoms with E-state index < -0.39 is 10.8 Å². The summed E-state index contributed by atoms with van der Waals surface area (Å²) in [4.78, 5) is 24.4. The highest BCUT2D eigenvalue weighted by Crippen LogP contribution is 2.21. The number of rotatable bonds is 4. The number of carbonyl (C=O) groups excluding carboxylic acids is 1. The van der Waals surface area contributed by atoms with Crippen molar-refractivity contribution in [3.63, 3.8) is 0 Å². The molecular weight excluding hydrogens is 200 g/mol. The number of carbonyl (C=O) groups is 1. The minimum Gasteiger partial charge on any atom is -0.368 e. The van der Waals surface area contributed by atoms with Gasteiger partial charge in [-0.3, -0.25) is 14.9 Å². The number of nitro groups is 1. The zero-order valence-corrected chi connectivity index (χ0v) is 8.06. The summed E-state index contributed by atoms with van der Waals surface area (Å²) in [5.41, 5.74) is 5.40. The molecular formula is C8H10N4O3. The number of anilines is 1. The Morgan fingerprint density at radius 2 is 2.40 bits per heavy atom. The van der Waals surface area contributed by atoms with Crippen molar-refractivity contribution in [2.24, 2.45) is 5.73 Å². The molecule has 0 aliphatic rings. The lowest BCUT2D eigenvalue weighted by atomic mass is 10.3. The Bertz CT molecular complexity index is 405. The second kappa shape index (κ2) is 4.36. The van der Waals surface area contributed by atoms with Crippen LogP contribution in [0.5, 0.6) is 0 Å². The van der Waals surface area contributed by atoms with Gasteiger partial charge in [0.2, 0.25) is 11.7 Å². The number of aryl methyl sites for hydroxylation is 1. The first kappa shape index (κ1) is 10.9. The van der Waals surface area contributed by atoms with E-state index >= 15 is 0 Å². The van der Waals surface area contributed by atoms with Crippen LogP contribution in [0.2, 0.25) is 0 Å². The maximum Gasteiger partial charge on any atom is 0.311 e. The van der Waals surface area contributed by atoms with E-state index in [0.29, 0.717) is 5.56 Å². The van der Waals surface area contributed by atoms with Gasteiger partial charge in [0.15, 0.2) is 0 Å². The smallest absolute Gasteiger partial charge is 0.311 e. The van der Waals surface area contributed by atoms with E-state index in [1.165, 1.54) is 12.3 Å². The number of amides is 1. The molecule has 0 bridgehead atoms. The maximum absolute atomic E-state index is 10.6. The summed E-state index contributed by atoms with van der Waals surface area (Å²) in [6.45, 7) is 1.51. The topological polar surface area (TPSA) is 111 Å². The van der Waals surface area contributed by atoms with E-state index in [0.717, 1.165) is 0 Å². The molecule has 1 aromatic rings. The van der Waals surface area contributed by atoms with Crippen molar-refractivity contribution in [2.75, 3.05) is 11.9 Å². The minimum absolute atomic E-state index is 0.0457. The summed E-state index contributed by atoms with van der Waals surface area (Å²) in [6, 6.07) is 1.37. The summed E-state index contributed by atoms with van der Waals surface area (Å²) in [5.74, 6) is -0.559. The van der Waals surface area contributed by atoms with E-state index in [-0.39, 0.29) is 18.1 Å². The van der Waals surface area contributed by atoms with Crippen LogP contribution in [0.3, 0.4) is 0 Å². The molecule has 15 heavy (non-hydrogen) atoms. The first-order valence-electron chi connectivity index (χ1n) is 4.14. The zero-order valence-electron chi connectivity index (χ0n) is 8.06. The third kappa shape index (κ3) is 2.90. The number of nitrogens with zero attached hydrogens (tertiary/aromatic N) is 2. The molecule has 0 spiro atoms. The van der Waals surface area contributed by atoms with Crippen LogP contribution in [0.15, 0.2) is 12.3 Å². The van der Waals surface area contributed by atoms with Gasteiger partial charge in [0.1, 0.15) is 0 Å². The van der Waals surface area contributed by atoms with E-state index in [1.54, 1.807) is 6.92 Å². The third-order valence-corrected chi connectivity index (χ3v) is 1.63. The van der Waals surface area contributed by atoms with Crippen LogP contribution in [-0.2, 0) is 4.79 Å². The number of primary amides is 1. The van der Waals surface area contributed by atoms with Gasteiger partial charge < -0.3 is 11.1 Å². The molecule has 7 heteroatoms. The quantitative estimate of drug-likeness (QED) is 0.544. The monoisotopic (exact) mass is 210 g/mol. The fraction of sp³-hybridized carbons (Fsp3) is 0.250. The van der Waals surface area contributed by atoms with Crippen LogP contribution in [0.1, 0.15) is 5.56 Å². The first-order chi connectivity index (χ1) is 7.00. The highest BCUT2D eigenvalue weighted by molar-refractivity contribution is 5.79. The number of nitrogens with two attached hydrogens (primary N) is 1. The van der Waals surface area contributed by atoms with Gasteiger partial charge >= 0.3 is 5.69 Å². The number of hydrogen-bond donors (Lipinski definition) is 2. The van der Waals surface area contributed by atoms with Crippen molar-refractivity contribution >= 4 is 17.4 Å². The van der Waals surface area contributed by atoms with Crippen LogP contribution in [0, 0.1) is 17.0 Å². The Balaban J connectivity index is 2.95. The van der Waals surface area contributed by atoms with Crippen LogP contribution in [0.25, 0.3) is 0 Å². The molecule has 0 aliphatic heterocycles. The number of pyridine rings is 1. The molecule has 7 nitrogen and oxygen atoms in total. The molecule has 0 aliphatic carbocycles. The van der Waals surface area contributed by atoms with Crippen molar-refractivity contribution in [3.05, 3.63) is 27.9 Å². The molecule has 1 heterocycles. The van der Waals surface area contributed by atoms with Crippen LogP contribution < -0.4 is 11.1 Å². The van der Waals surface area contributed by atoms with Gasteiger partial charge in [-0.2, -0.15) is 0 Å². The molecule has 0 aromatic carbocycles. The predicted molar refractivity (Wildman–Crippen MR) is 53.3 cm³/mol. The Morgan fingerprint density at radius 1 is 1.73 bits per heavy atom. The molecule has 3 N–H and O–H groups in total. The Kier molecular flexibility index (Phi) is 3.17. The lowest BCUT2D eigenvalue weighted by Gasteiger charge is -2.03. The summed E-state index contributed by atoms with van der Waals surface area (Å²) >= 11 is 0. The SMILES string of the molecule is Cc1cnc(NCC(N)=O)c([N+](=O)[O-])c1. The molecule has 80 valence electrons. The highest BCUT2D eigenvalue weighted by Gasteiger charge is 2.15. The number of nitrogens with one attached hydrogen (secondary N) is 1. The number of aromatic nitrogens is 1. The van der Waals surface area contributed by atoms with Gasteiger partial charge in [-0.25, -0.2) is 4.98 Å². The predicted octanol–water partition coefficient (Wildman–Crippen LogP) is 0.195. The third-order valence-electron chi connectivity index (χ3n) is 1.63. The first-order valence-corrected chi connectivity index (χ1v) is 4.14. The zero-order chi connectivity index (χ0) is 11.4. The molecule has 0 atom stereocenters. The summed E-state index contributed by atoms with van der Waals surface area (Å²) in [5, 5.41) is 13.1. The second-order valence-electron chi connectivity index (χ2n) is 2.96. The van der Waals surface area contributed by atoms with Crippen molar-refractivity contribution in [1.82, 2.24) is 4.98 Å². The number of hydrogen-bond acceptors (Lipinski definition) is 5. The standard InChI is InChI=1S/C8H10N4O3/c1-5-2-6(12(14)15)8(10-3-5)11-4-7(9)13/h2-3H,4H2,1H3,(H2,9,13)(H,10,11). The molecule has 0 fully saturated rings. The average molecular weight is 210 g/mol. The van der Waals surface area contributed by atoms with Crippen molar-refractivity contribution in [1.29, 1.82) is 0 Å². The lowest BCUT2D eigenvalue weighted by molar-refractivity contribution is -0.384. The molecule has 0 saturated carbocycles. The van der Waals surface area contributed by atoms with E-state index in [2.05, 4.69) is 10.3 Å². The Morgan fingerprint density at radius 3 is 2.93 bits per heavy atom. The van der Waals surface area contributed by atoms with E-state index in [4.69, 9.17) is 5.73 Å². The lowest BCUT2D eigenvalue weighted by Crippen LogP contribution is -2.22. The van der Waals surface area contributed by atoms with Crippen molar-refractivity contribution in [2.45, 2.75) is 6.92 Å². The van der Waals surface area contributed by atoms with Gasteiger partial charge in [-0.1, -0.05) is 0 Å². The van der Waals surface area contributed by atoms with Gasteiger partial charge in [0.05, 0.1) is 11.5 Å². The second-order valence-corrected chi connectivity index (χ2v) is 2.96. The van der Waals surface area contributed by atoms with Crippen LogP contribution in [-0.4, -0.2) is 22.4 Å². The normalized spacial score (nSPS) is 9.67.